The lowest BCUT2D eigenvalue weighted by atomic mass is 10.0. The molecular weight excluding hydrogens is 202 g/mol. The Labute approximate surface area is 98.7 Å². The van der Waals surface area contributed by atoms with Crippen molar-refractivity contribution >= 4 is 0 Å². The average molecular weight is 227 g/mol. The van der Waals surface area contributed by atoms with E-state index in [1.807, 2.05) is 0 Å². The number of nitrogens with zero attached hydrogens (tertiary/aromatic N) is 2. The molecule has 2 rings (SSSR count). The van der Waals surface area contributed by atoms with Crippen LogP contribution in [0, 0.1) is 5.92 Å². The molecule has 0 bridgehead atoms. The Kier molecular flexibility index (Phi) is 4.19. The standard InChI is InChI=1S/C12H25N3O/c1-14(2)7-10-8-15(9-12(10)13)11-3-5-16-6-4-11/h10-12H,3-9,13H2,1-2H3/t10-,12-/m1/s1. The van der Waals surface area contributed by atoms with Gasteiger partial charge < -0.3 is 15.4 Å². The van der Waals surface area contributed by atoms with Crippen molar-refractivity contribution in [3.05, 3.63) is 0 Å². The Morgan fingerprint density at radius 3 is 2.56 bits per heavy atom. The molecular formula is C12H25N3O. The third kappa shape index (κ3) is 2.94. The summed E-state index contributed by atoms with van der Waals surface area (Å²) in [6, 6.07) is 1.07. The molecule has 2 aliphatic heterocycles. The smallest absolute Gasteiger partial charge is 0.0480 e. The first-order chi connectivity index (χ1) is 7.66. The highest BCUT2D eigenvalue weighted by molar-refractivity contribution is 4.91. The summed E-state index contributed by atoms with van der Waals surface area (Å²) in [4.78, 5) is 4.83. The molecule has 0 saturated carbocycles. The fourth-order valence-electron chi connectivity index (χ4n) is 2.94. The molecule has 0 aromatic heterocycles. The molecule has 0 spiro atoms. The second kappa shape index (κ2) is 5.45. The molecule has 2 fully saturated rings. The van der Waals surface area contributed by atoms with Crippen LogP contribution in [0.1, 0.15) is 12.8 Å². The number of ether oxygens (including phenoxy) is 1. The topological polar surface area (TPSA) is 41.7 Å². The molecule has 0 aromatic carbocycles. The molecule has 2 aliphatic rings. The van der Waals surface area contributed by atoms with Gasteiger partial charge in [-0.2, -0.15) is 0 Å². The summed E-state index contributed by atoms with van der Waals surface area (Å²) in [5.41, 5.74) is 6.22. The Morgan fingerprint density at radius 2 is 1.94 bits per heavy atom. The van der Waals surface area contributed by atoms with Gasteiger partial charge in [-0.05, 0) is 26.9 Å². The molecule has 2 heterocycles. The van der Waals surface area contributed by atoms with Gasteiger partial charge in [-0.15, -0.1) is 0 Å². The number of hydrogen-bond acceptors (Lipinski definition) is 4. The average Bonchev–Trinajstić information content (AvgIpc) is 2.61. The van der Waals surface area contributed by atoms with Gasteiger partial charge in [-0.3, -0.25) is 4.90 Å². The Balaban J connectivity index is 1.84. The summed E-state index contributed by atoms with van der Waals surface area (Å²) >= 11 is 0. The molecule has 2 saturated heterocycles. The molecule has 2 atom stereocenters. The first-order valence-corrected chi connectivity index (χ1v) is 6.39. The van der Waals surface area contributed by atoms with E-state index in [9.17, 15) is 0 Å². The van der Waals surface area contributed by atoms with Crippen LogP contribution in [0.3, 0.4) is 0 Å². The largest absolute Gasteiger partial charge is 0.381 e. The van der Waals surface area contributed by atoms with Crippen LogP contribution < -0.4 is 5.73 Å². The molecule has 4 heteroatoms. The number of hydrogen-bond donors (Lipinski definition) is 1. The van der Waals surface area contributed by atoms with Crippen molar-refractivity contribution in [2.45, 2.75) is 24.9 Å². The van der Waals surface area contributed by atoms with E-state index >= 15 is 0 Å². The molecule has 16 heavy (non-hydrogen) atoms. The van der Waals surface area contributed by atoms with Crippen molar-refractivity contribution in [3.63, 3.8) is 0 Å². The SMILES string of the molecule is CN(C)C[C@@H]1CN(C2CCOCC2)C[C@H]1N. The van der Waals surface area contributed by atoms with E-state index in [4.69, 9.17) is 10.5 Å². The fourth-order valence-corrected chi connectivity index (χ4v) is 2.94. The zero-order chi connectivity index (χ0) is 11.5. The minimum absolute atomic E-state index is 0.352. The third-order valence-corrected chi connectivity index (χ3v) is 3.83. The molecule has 0 aromatic rings. The zero-order valence-electron chi connectivity index (χ0n) is 10.6. The first-order valence-electron chi connectivity index (χ1n) is 6.39. The number of nitrogens with two attached hydrogens (primary N) is 1. The molecule has 0 aliphatic carbocycles. The zero-order valence-corrected chi connectivity index (χ0v) is 10.6. The maximum Gasteiger partial charge on any atom is 0.0480 e. The Morgan fingerprint density at radius 1 is 1.25 bits per heavy atom. The van der Waals surface area contributed by atoms with Crippen LogP contribution in [0.2, 0.25) is 0 Å². The lowest BCUT2D eigenvalue weighted by Gasteiger charge is -2.31. The van der Waals surface area contributed by atoms with Crippen molar-refractivity contribution in [2.75, 3.05) is 46.9 Å². The molecule has 0 amide bonds. The van der Waals surface area contributed by atoms with Crippen molar-refractivity contribution in [1.82, 2.24) is 9.80 Å². The van der Waals surface area contributed by atoms with E-state index in [2.05, 4.69) is 23.9 Å². The monoisotopic (exact) mass is 227 g/mol. The van der Waals surface area contributed by atoms with Crippen molar-refractivity contribution in [2.24, 2.45) is 11.7 Å². The van der Waals surface area contributed by atoms with E-state index in [1.54, 1.807) is 0 Å². The summed E-state index contributed by atoms with van der Waals surface area (Å²) in [7, 11) is 4.26. The molecule has 0 unspecified atom stereocenters. The lowest BCUT2D eigenvalue weighted by Crippen LogP contribution is -2.39. The van der Waals surface area contributed by atoms with Crippen LogP contribution in [0.25, 0.3) is 0 Å². The maximum atomic E-state index is 6.22. The maximum absolute atomic E-state index is 6.22. The highest BCUT2D eigenvalue weighted by Crippen LogP contribution is 2.23. The summed E-state index contributed by atoms with van der Waals surface area (Å²) in [6.07, 6.45) is 2.36. The minimum Gasteiger partial charge on any atom is -0.381 e. The second-order valence-electron chi connectivity index (χ2n) is 5.48. The predicted molar refractivity (Wildman–Crippen MR) is 65.4 cm³/mol. The first kappa shape index (κ1) is 12.3. The van der Waals surface area contributed by atoms with E-state index < -0.39 is 0 Å². The van der Waals surface area contributed by atoms with Gasteiger partial charge in [0.05, 0.1) is 0 Å². The quantitative estimate of drug-likeness (QED) is 0.736. The number of likely N-dealkylation sites (tertiary alicyclic amines) is 1. The van der Waals surface area contributed by atoms with Crippen LogP contribution in [-0.2, 0) is 4.74 Å². The van der Waals surface area contributed by atoms with E-state index in [0.717, 1.165) is 26.3 Å². The van der Waals surface area contributed by atoms with Crippen molar-refractivity contribution in [3.8, 4) is 0 Å². The van der Waals surface area contributed by atoms with Crippen molar-refractivity contribution < 1.29 is 4.74 Å². The van der Waals surface area contributed by atoms with E-state index in [1.165, 1.54) is 19.4 Å². The molecule has 2 N–H and O–H groups in total. The fraction of sp³-hybridized carbons (Fsp3) is 1.00. The molecule has 0 radical (unpaired) electrons. The summed E-state index contributed by atoms with van der Waals surface area (Å²) < 4.78 is 5.41. The molecule has 4 nitrogen and oxygen atoms in total. The van der Waals surface area contributed by atoms with Gasteiger partial charge >= 0.3 is 0 Å². The van der Waals surface area contributed by atoms with Gasteiger partial charge in [0.15, 0.2) is 0 Å². The van der Waals surface area contributed by atoms with Gasteiger partial charge in [-0.1, -0.05) is 0 Å². The van der Waals surface area contributed by atoms with Crippen LogP contribution >= 0.6 is 0 Å². The van der Waals surface area contributed by atoms with Gasteiger partial charge in [0, 0.05) is 50.8 Å². The minimum atomic E-state index is 0.352. The van der Waals surface area contributed by atoms with Gasteiger partial charge in [0.2, 0.25) is 0 Å². The van der Waals surface area contributed by atoms with E-state index in [-0.39, 0.29) is 0 Å². The number of rotatable bonds is 3. The second-order valence-corrected chi connectivity index (χ2v) is 5.48. The normalized spacial score (nSPS) is 33.8. The Hall–Kier alpha value is -0.160. The van der Waals surface area contributed by atoms with Gasteiger partial charge in [0.1, 0.15) is 0 Å². The summed E-state index contributed by atoms with van der Waals surface area (Å²) in [5, 5.41) is 0. The van der Waals surface area contributed by atoms with Gasteiger partial charge in [0.25, 0.3) is 0 Å². The molecule has 94 valence electrons. The van der Waals surface area contributed by atoms with E-state index in [0.29, 0.717) is 18.0 Å². The lowest BCUT2D eigenvalue weighted by molar-refractivity contribution is 0.0406. The summed E-state index contributed by atoms with van der Waals surface area (Å²) in [6.45, 7) is 5.21. The van der Waals surface area contributed by atoms with Crippen molar-refractivity contribution in [1.29, 1.82) is 0 Å². The Bertz CT molecular complexity index is 216. The van der Waals surface area contributed by atoms with Crippen LogP contribution in [0.4, 0.5) is 0 Å². The summed E-state index contributed by atoms with van der Waals surface area (Å²) in [5.74, 6) is 0.637. The van der Waals surface area contributed by atoms with Gasteiger partial charge in [-0.25, -0.2) is 0 Å². The van der Waals surface area contributed by atoms with Crippen LogP contribution in [0.5, 0.6) is 0 Å². The predicted octanol–water partition coefficient (Wildman–Crippen LogP) is -0.0139. The highest BCUT2D eigenvalue weighted by atomic mass is 16.5. The third-order valence-electron chi connectivity index (χ3n) is 3.83. The van der Waals surface area contributed by atoms with Crippen LogP contribution in [0.15, 0.2) is 0 Å². The van der Waals surface area contributed by atoms with Crippen LogP contribution in [-0.4, -0.2) is 68.8 Å². The highest BCUT2D eigenvalue weighted by Gasteiger charge is 2.34.